The number of hydrogen-bond acceptors (Lipinski definition) is 6. The quantitative estimate of drug-likeness (QED) is 0.696. The van der Waals surface area contributed by atoms with Crippen molar-refractivity contribution in [2.24, 2.45) is 0 Å². The highest BCUT2D eigenvalue weighted by molar-refractivity contribution is 7.91. The van der Waals surface area contributed by atoms with Crippen molar-refractivity contribution in [1.82, 2.24) is 10.3 Å². The number of aromatic carboxylic acids is 1. The molecule has 0 atom stereocenters. The zero-order valence-corrected chi connectivity index (χ0v) is 11.3. The van der Waals surface area contributed by atoms with E-state index in [1.165, 1.54) is 23.8 Å². The lowest BCUT2D eigenvalue weighted by molar-refractivity contribution is 0.0697. The lowest BCUT2D eigenvalue weighted by Gasteiger charge is -2.04. The molecule has 0 bridgehead atoms. The molecule has 0 aliphatic carbocycles. The Bertz CT molecular complexity index is 732. The highest BCUT2D eigenvalue weighted by Gasteiger charge is 2.20. The van der Waals surface area contributed by atoms with Gasteiger partial charge in [0.2, 0.25) is 0 Å². The van der Waals surface area contributed by atoms with E-state index in [1.54, 1.807) is 0 Å². The Labute approximate surface area is 117 Å². The van der Waals surface area contributed by atoms with Crippen LogP contribution in [0.25, 0.3) is 0 Å². The Morgan fingerprint density at radius 3 is 2.65 bits per heavy atom. The second kappa shape index (κ2) is 5.45. The first kappa shape index (κ1) is 14.2. The van der Waals surface area contributed by atoms with Gasteiger partial charge in [-0.3, -0.25) is 10.2 Å². The fourth-order valence-electron chi connectivity index (χ4n) is 1.20. The van der Waals surface area contributed by atoms with Gasteiger partial charge in [-0.25, -0.2) is 13.2 Å². The zero-order valence-electron chi connectivity index (χ0n) is 9.69. The molecule has 8 nitrogen and oxygen atoms in total. The molecule has 10 heteroatoms. The fraction of sp³-hybridized carbons (Fsp3) is 0. The predicted molar refractivity (Wildman–Crippen MR) is 67.8 cm³/mol. The molecular weight excluding hydrogens is 308 g/mol. The molecule has 0 aliphatic rings. The molecule has 0 unspecified atom stereocenters. The van der Waals surface area contributed by atoms with Gasteiger partial charge in [0.05, 0.1) is 11.8 Å². The first-order valence-electron chi connectivity index (χ1n) is 5.07. The minimum Gasteiger partial charge on any atom is -0.478 e. The van der Waals surface area contributed by atoms with Crippen molar-refractivity contribution >= 4 is 33.2 Å². The average molecular weight is 316 g/mol. The first-order chi connectivity index (χ1) is 9.40. The molecule has 2 aromatic rings. The van der Waals surface area contributed by atoms with E-state index in [1.807, 2.05) is 10.3 Å². The number of hydrogen-bond donors (Lipinski definition) is 3. The van der Waals surface area contributed by atoms with E-state index in [-0.39, 0.29) is 15.5 Å². The lowest BCUT2D eigenvalue weighted by Crippen LogP contribution is -2.41. The number of amides is 1. The zero-order chi connectivity index (χ0) is 14.8. The molecule has 0 radical (unpaired) electrons. The lowest BCUT2D eigenvalue weighted by atomic mass is 10.4. The van der Waals surface area contributed by atoms with Gasteiger partial charge in [0.15, 0.2) is 5.76 Å². The van der Waals surface area contributed by atoms with Gasteiger partial charge in [-0.1, -0.05) is 0 Å². The SMILES string of the molecule is O=C(O)c1csc(S(=O)(=O)NNC(=O)c2ccco2)c1. The Morgan fingerprint density at radius 2 is 2.10 bits per heavy atom. The average Bonchev–Trinajstić information content (AvgIpc) is 3.06. The molecule has 0 aliphatic heterocycles. The standard InChI is InChI=1S/C10H8N2O6S2/c13-9(7-2-1-3-18-7)11-12-20(16,17)8-4-6(5-19-8)10(14)15/h1-5,12H,(H,11,13)(H,14,15). The van der Waals surface area contributed by atoms with Crippen LogP contribution < -0.4 is 10.3 Å². The summed E-state index contributed by atoms with van der Waals surface area (Å²) in [5.74, 6) is -2.07. The van der Waals surface area contributed by atoms with Crippen LogP contribution in [0.3, 0.4) is 0 Å². The number of carbonyl (C=O) groups is 2. The molecule has 3 N–H and O–H groups in total. The van der Waals surface area contributed by atoms with Gasteiger partial charge < -0.3 is 9.52 Å². The Hall–Kier alpha value is -2.17. The molecular formula is C10H8N2O6S2. The number of rotatable bonds is 5. The number of sulfonamides is 1. The molecule has 2 heterocycles. The van der Waals surface area contributed by atoms with E-state index in [4.69, 9.17) is 9.52 Å². The van der Waals surface area contributed by atoms with E-state index in [9.17, 15) is 18.0 Å². The van der Waals surface area contributed by atoms with E-state index in [2.05, 4.69) is 0 Å². The summed E-state index contributed by atoms with van der Waals surface area (Å²) in [6.07, 6.45) is 1.27. The van der Waals surface area contributed by atoms with E-state index < -0.39 is 21.9 Å². The highest BCUT2D eigenvalue weighted by Crippen LogP contribution is 2.19. The number of carbonyl (C=O) groups excluding carboxylic acids is 1. The predicted octanol–water partition coefficient (Wildman–Crippen LogP) is 0.663. The van der Waals surface area contributed by atoms with Gasteiger partial charge in [-0.05, 0) is 18.2 Å². The summed E-state index contributed by atoms with van der Waals surface area (Å²) < 4.78 is 28.2. The second-order valence-electron chi connectivity index (χ2n) is 3.50. The Morgan fingerprint density at radius 1 is 1.35 bits per heavy atom. The summed E-state index contributed by atoms with van der Waals surface area (Å²) in [7, 11) is -4.03. The topological polar surface area (TPSA) is 126 Å². The molecule has 2 aromatic heterocycles. The van der Waals surface area contributed by atoms with Crippen LogP contribution in [0, 0.1) is 0 Å². The molecule has 2 rings (SSSR count). The van der Waals surface area contributed by atoms with Crippen LogP contribution >= 0.6 is 11.3 Å². The number of carboxylic acid groups (broad SMARTS) is 1. The maximum atomic E-state index is 11.8. The van der Waals surface area contributed by atoms with Gasteiger partial charge in [0.25, 0.3) is 10.0 Å². The fourth-order valence-corrected chi connectivity index (χ4v) is 3.20. The summed E-state index contributed by atoms with van der Waals surface area (Å²) in [4.78, 5) is 24.0. The van der Waals surface area contributed by atoms with Gasteiger partial charge in [0.1, 0.15) is 4.21 Å². The van der Waals surface area contributed by atoms with Crippen molar-refractivity contribution in [1.29, 1.82) is 0 Å². The second-order valence-corrected chi connectivity index (χ2v) is 6.32. The van der Waals surface area contributed by atoms with E-state index in [0.29, 0.717) is 0 Å². The van der Waals surface area contributed by atoms with E-state index >= 15 is 0 Å². The molecule has 1 amide bonds. The molecule has 0 saturated carbocycles. The van der Waals surface area contributed by atoms with Crippen LogP contribution in [0.1, 0.15) is 20.9 Å². The third-order valence-corrected chi connectivity index (χ3v) is 4.82. The number of thiophene rings is 1. The summed E-state index contributed by atoms with van der Waals surface area (Å²) in [5.41, 5.74) is 1.81. The van der Waals surface area contributed by atoms with Crippen molar-refractivity contribution in [2.75, 3.05) is 0 Å². The van der Waals surface area contributed by atoms with Crippen LogP contribution in [0.15, 0.2) is 38.5 Å². The van der Waals surface area contributed by atoms with Gasteiger partial charge in [-0.2, -0.15) is 0 Å². The van der Waals surface area contributed by atoms with E-state index in [0.717, 1.165) is 17.4 Å². The van der Waals surface area contributed by atoms with Gasteiger partial charge >= 0.3 is 11.9 Å². The maximum Gasteiger partial charge on any atom is 0.336 e. The number of hydrazine groups is 1. The number of nitrogens with one attached hydrogen (secondary N) is 2. The van der Waals surface area contributed by atoms with Crippen LogP contribution in [-0.4, -0.2) is 25.4 Å². The highest BCUT2D eigenvalue weighted by atomic mass is 32.2. The first-order valence-corrected chi connectivity index (χ1v) is 7.44. The van der Waals surface area contributed by atoms with Crippen molar-refractivity contribution in [3.05, 3.63) is 41.2 Å². The van der Waals surface area contributed by atoms with Crippen molar-refractivity contribution in [3.8, 4) is 0 Å². The third kappa shape index (κ3) is 3.04. The number of carboxylic acids is 1. The van der Waals surface area contributed by atoms with Crippen molar-refractivity contribution in [2.45, 2.75) is 4.21 Å². The summed E-state index contributed by atoms with van der Waals surface area (Å²) in [5, 5.41) is 9.90. The van der Waals surface area contributed by atoms with Crippen LogP contribution in [-0.2, 0) is 10.0 Å². The molecule has 0 saturated heterocycles. The Kier molecular flexibility index (Phi) is 3.88. The molecule has 0 fully saturated rings. The largest absolute Gasteiger partial charge is 0.478 e. The number of furan rings is 1. The maximum absolute atomic E-state index is 11.8. The minimum absolute atomic E-state index is 0.0647. The Balaban J connectivity index is 2.07. The van der Waals surface area contributed by atoms with Gasteiger partial charge in [0, 0.05) is 5.38 Å². The summed E-state index contributed by atoms with van der Waals surface area (Å²) in [6, 6.07) is 3.83. The normalized spacial score (nSPS) is 11.2. The third-order valence-electron chi connectivity index (χ3n) is 2.13. The molecule has 20 heavy (non-hydrogen) atoms. The van der Waals surface area contributed by atoms with Crippen molar-refractivity contribution < 1.29 is 27.5 Å². The monoisotopic (exact) mass is 316 g/mol. The molecule has 106 valence electrons. The van der Waals surface area contributed by atoms with Crippen LogP contribution in [0.4, 0.5) is 0 Å². The van der Waals surface area contributed by atoms with Crippen molar-refractivity contribution in [3.63, 3.8) is 0 Å². The minimum atomic E-state index is -4.03. The summed E-state index contributed by atoms with van der Waals surface area (Å²) in [6.45, 7) is 0. The smallest absolute Gasteiger partial charge is 0.336 e. The van der Waals surface area contributed by atoms with Crippen LogP contribution in [0.5, 0.6) is 0 Å². The summed E-state index contributed by atoms with van der Waals surface area (Å²) >= 11 is 0.728. The van der Waals surface area contributed by atoms with Crippen LogP contribution in [0.2, 0.25) is 0 Å². The molecule has 0 spiro atoms. The molecule has 0 aromatic carbocycles. The van der Waals surface area contributed by atoms with Gasteiger partial charge in [-0.15, -0.1) is 16.2 Å².